The van der Waals surface area contributed by atoms with Gasteiger partial charge in [-0.1, -0.05) is 0 Å². The van der Waals surface area contributed by atoms with Gasteiger partial charge < -0.3 is 24.6 Å². The Labute approximate surface area is 161 Å². The molecule has 0 aliphatic carbocycles. The van der Waals surface area contributed by atoms with Crippen LogP contribution in [0, 0.1) is 10.1 Å². The van der Waals surface area contributed by atoms with E-state index in [0.29, 0.717) is 24.8 Å². The molecule has 0 saturated carbocycles. The Morgan fingerprint density at radius 1 is 1.41 bits per heavy atom. The maximum Gasteiger partial charge on any atom is 0.404 e. The summed E-state index contributed by atoms with van der Waals surface area (Å²) in [5.74, 6) is -0.200. The lowest BCUT2D eigenvalue weighted by atomic mass is 10.4. The number of furan rings is 1. The Balaban J connectivity index is 1.63. The summed E-state index contributed by atoms with van der Waals surface area (Å²) in [7, 11) is 0. The van der Waals surface area contributed by atoms with E-state index in [0.717, 1.165) is 0 Å². The van der Waals surface area contributed by atoms with Gasteiger partial charge >= 0.3 is 5.82 Å². The predicted octanol–water partition coefficient (Wildman–Crippen LogP) is 2.64. The number of aromatic nitrogens is 4. The number of anilines is 1. The first-order valence-electron chi connectivity index (χ1n) is 7.84. The molecule has 0 aliphatic rings. The zero-order valence-corrected chi connectivity index (χ0v) is 15.7. The molecule has 3 heterocycles. The summed E-state index contributed by atoms with van der Waals surface area (Å²) < 4.78 is 13.9. The Hall–Kier alpha value is -2.99. The molecule has 0 fully saturated rings. The summed E-state index contributed by atoms with van der Waals surface area (Å²) >= 11 is 3.08. The number of nitro groups is 1. The molecule has 0 saturated heterocycles. The van der Waals surface area contributed by atoms with Crippen molar-refractivity contribution >= 4 is 33.3 Å². The number of carbonyl (C=O) groups is 1. The van der Waals surface area contributed by atoms with Gasteiger partial charge in [-0.05, 0) is 39.9 Å². The van der Waals surface area contributed by atoms with Crippen LogP contribution in [0.1, 0.15) is 23.2 Å². The number of nitrogens with one attached hydrogen (secondary N) is 1. The van der Waals surface area contributed by atoms with Crippen LogP contribution in [0.4, 0.5) is 11.5 Å². The van der Waals surface area contributed by atoms with Gasteiger partial charge in [0.2, 0.25) is 0 Å². The van der Waals surface area contributed by atoms with Crippen LogP contribution >= 0.6 is 15.9 Å². The van der Waals surface area contributed by atoms with Gasteiger partial charge in [0.25, 0.3) is 5.91 Å². The molecule has 3 aromatic heterocycles. The molecule has 11 nitrogen and oxygen atoms in total. The van der Waals surface area contributed by atoms with Crippen LogP contribution in [-0.4, -0.2) is 37.0 Å². The van der Waals surface area contributed by atoms with E-state index in [2.05, 4.69) is 31.4 Å². The molecule has 0 aliphatic heterocycles. The number of ether oxygens (including phenoxy) is 1. The zero-order chi connectivity index (χ0) is 19.4. The molecular formula is C15H15BrN6O5. The van der Waals surface area contributed by atoms with E-state index >= 15 is 0 Å². The average Bonchev–Trinajstić information content (AvgIpc) is 3.34. The van der Waals surface area contributed by atoms with Crippen molar-refractivity contribution in [2.45, 2.75) is 20.2 Å². The number of rotatable bonds is 8. The SMILES string of the molecule is CCOCn1cc(NC(=O)c2ccc(Cn3cc(Br)c([N+](=O)[O-])n3)o2)cn1. The van der Waals surface area contributed by atoms with Crippen LogP contribution in [0.3, 0.4) is 0 Å². The van der Waals surface area contributed by atoms with Crippen molar-refractivity contribution < 1.29 is 18.9 Å². The summed E-state index contributed by atoms with van der Waals surface area (Å²) in [4.78, 5) is 22.5. The van der Waals surface area contributed by atoms with Crippen molar-refractivity contribution in [1.29, 1.82) is 0 Å². The molecule has 0 unspecified atom stereocenters. The summed E-state index contributed by atoms with van der Waals surface area (Å²) in [5.41, 5.74) is 0.504. The third-order valence-electron chi connectivity index (χ3n) is 3.39. The van der Waals surface area contributed by atoms with Crippen LogP contribution in [0.25, 0.3) is 0 Å². The molecule has 0 radical (unpaired) electrons. The maximum absolute atomic E-state index is 12.3. The van der Waals surface area contributed by atoms with Crippen LogP contribution in [0.2, 0.25) is 0 Å². The van der Waals surface area contributed by atoms with Crippen LogP contribution in [-0.2, 0) is 18.0 Å². The van der Waals surface area contributed by atoms with E-state index in [4.69, 9.17) is 9.15 Å². The molecule has 27 heavy (non-hydrogen) atoms. The highest BCUT2D eigenvalue weighted by atomic mass is 79.9. The number of carbonyl (C=O) groups excluding carboxylic acids is 1. The van der Waals surface area contributed by atoms with Gasteiger partial charge in [0.05, 0.1) is 29.4 Å². The normalized spacial score (nSPS) is 10.9. The highest BCUT2D eigenvalue weighted by Crippen LogP contribution is 2.23. The molecule has 3 aromatic rings. The lowest BCUT2D eigenvalue weighted by molar-refractivity contribution is -0.390. The Morgan fingerprint density at radius 2 is 2.22 bits per heavy atom. The van der Waals surface area contributed by atoms with Crippen LogP contribution in [0.5, 0.6) is 0 Å². The van der Waals surface area contributed by atoms with E-state index in [1.807, 2.05) is 6.92 Å². The lowest BCUT2D eigenvalue weighted by Crippen LogP contribution is -2.10. The summed E-state index contributed by atoms with van der Waals surface area (Å²) in [6.45, 7) is 2.88. The zero-order valence-electron chi connectivity index (χ0n) is 14.2. The third kappa shape index (κ3) is 4.60. The first kappa shape index (κ1) is 18.8. The van der Waals surface area contributed by atoms with Gasteiger partial charge in [-0.15, -0.1) is 0 Å². The van der Waals surface area contributed by atoms with E-state index in [1.54, 1.807) is 16.9 Å². The molecule has 0 aromatic carbocycles. The number of hydrogen-bond donors (Lipinski definition) is 1. The fourth-order valence-corrected chi connectivity index (χ4v) is 2.67. The monoisotopic (exact) mass is 438 g/mol. The molecular weight excluding hydrogens is 424 g/mol. The average molecular weight is 439 g/mol. The first-order chi connectivity index (χ1) is 13.0. The molecule has 3 rings (SSSR count). The molecule has 1 amide bonds. The van der Waals surface area contributed by atoms with E-state index in [1.165, 1.54) is 23.1 Å². The lowest BCUT2D eigenvalue weighted by Gasteiger charge is -2.00. The Bertz CT molecular complexity index is 962. The molecule has 1 N–H and O–H groups in total. The van der Waals surface area contributed by atoms with Gasteiger partial charge in [0.1, 0.15) is 23.5 Å². The fourth-order valence-electron chi connectivity index (χ4n) is 2.21. The van der Waals surface area contributed by atoms with Crippen molar-refractivity contribution in [3.05, 3.63) is 56.8 Å². The van der Waals surface area contributed by atoms with Gasteiger partial charge in [0.15, 0.2) is 5.76 Å². The Kier molecular flexibility index (Phi) is 5.66. The smallest absolute Gasteiger partial charge is 0.404 e. The van der Waals surface area contributed by atoms with Gasteiger partial charge in [-0.3, -0.25) is 4.79 Å². The van der Waals surface area contributed by atoms with Crippen molar-refractivity contribution in [3.8, 4) is 0 Å². The molecule has 12 heteroatoms. The minimum atomic E-state index is -0.590. The van der Waals surface area contributed by atoms with E-state index < -0.39 is 10.8 Å². The quantitative estimate of drug-likeness (QED) is 0.422. The summed E-state index contributed by atoms with van der Waals surface area (Å²) in [5, 5.41) is 21.4. The van der Waals surface area contributed by atoms with Crippen molar-refractivity contribution in [2.24, 2.45) is 0 Å². The number of nitrogens with zero attached hydrogens (tertiary/aromatic N) is 5. The highest BCUT2D eigenvalue weighted by molar-refractivity contribution is 9.10. The topological polar surface area (TPSA) is 130 Å². The van der Waals surface area contributed by atoms with E-state index in [-0.39, 0.29) is 22.6 Å². The first-order valence-corrected chi connectivity index (χ1v) is 8.63. The molecule has 0 bridgehead atoms. The van der Waals surface area contributed by atoms with Crippen molar-refractivity contribution in [2.75, 3.05) is 11.9 Å². The van der Waals surface area contributed by atoms with Crippen LogP contribution in [0.15, 0.2) is 39.6 Å². The van der Waals surface area contributed by atoms with Crippen molar-refractivity contribution in [3.63, 3.8) is 0 Å². The maximum atomic E-state index is 12.3. The molecule has 0 atom stereocenters. The molecule has 0 spiro atoms. The standard InChI is InChI=1S/C15H15BrN6O5/c1-2-26-9-21-6-10(5-17-21)18-15(23)13-4-3-11(27-13)7-20-8-12(16)14(19-20)22(24)25/h3-6,8H,2,7,9H2,1H3,(H,18,23). The third-order valence-corrected chi connectivity index (χ3v) is 3.95. The summed E-state index contributed by atoms with van der Waals surface area (Å²) in [6, 6.07) is 3.12. The van der Waals surface area contributed by atoms with Crippen LogP contribution < -0.4 is 5.32 Å². The second-order valence-corrected chi connectivity index (χ2v) is 6.22. The number of halogens is 1. The number of amides is 1. The van der Waals surface area contributed by atoms with Gasteiger partial charge in [0, 0.05) is 6.61 Å². The van der Waals surface area contributed by atoms with Crippen molar-refractivity contribution in [1.82, 2.24) is 19.6 Å². The number of hydrogen-bond acceptors (Lipinski definition) is 7. The highest BCUT2D eigenvalue weighted by Gasteiger charge is 2.20. The van der Waals surface area contributed by atoms with Gasteiger partial charge in [-0.2, -0.15) is 9.78 Å². The predicted molar refractivity (Wildman–Crippen MR) is 96.2 cm³/mol. The molecule has 142 valence electrons. The van der Waals surface area contributed by atoms with E-state index in [9.17, 15) is 14.9 Å². The minimum absolute atomic E-state index is 0.100. The van der Waals surface area contributed by atoms with Gasteiger partial charge in [-0.25, -0.2) is 4.68 Å². The Morgan fingerprint density at radius 3 is 2.93 bits per heavy atom. The second-order valence-electron chi connectivity index (χ2n) is 5.37. The largest absolute Gasteiger partial charge is 0.454 e. The summed E-state index contributed by atoms with van der Waals surface area (Å²) in [6.07, 6.45) is 4.60. The minimum Gasteiger partial charge on any atom is -0.454 e. The fraction of sp³-hybridized carbons (Fsp3) is 0.267. The second kappa shape index (κ2) is 8.14.